The van der Waals surface area contributed by atoms with Crippen LogP contribution in [0.1, 0.15) is 32.6 Å². The predicted octanol–water partition coefficient (Wildman–Crippen LogP) is 1.54. The zero-order valence-corrected chi connectivity index (χ0v) is 11.6. The number of likely N-dealkylation sites (N-methyl/N-ethyl adjacent to an activating group) is 1. The van der Waals surface area contributed by atoms with Gasteiger partial charge in [-0.25, -0.2) is 4.79 Å². The number of ether oxygens (including phenoxy) is 2. The summed E-state index contributed by atoms with van der Waals surface area (Å²) in [5.41, 5.74) is -0.268. The van der Waals surface area contributed by atoms with E-state index in [1.807, 2.05) is 0 Å². The molecule has 0 unspecified atom stereocenters. The van der Waals surface area contributed by atoms with E-state index in [1.54, 1.807) is 21.1 Å². The SMILES string of the molecule is CNC1(/C(O)=C(\C)C(=O)OC)CCC(OC)CC1. The van der Waals surface area contributed by atoms with Crippen molar-refractivity contribution in [2.75, 3.05) is 21.3 Å². The number of methoxy groups -OCH3 is 2. The average molecular weight is 257 g/mol. The van der Waals surface area contributed by atoms with Crippen molar-refractivity contribution in [2.45, 2.75) is 44.2 Å². The monoisotopic (exact) mass is 257 g/mol. The molecular formula is C13H23NO4. The molecule has 0 aromatic rings. The normalized spacial score (nSPS) is 29.7. The molecule has 0 bridgehead atoms. The molecule has 1 rings (SSSR count). The van der Waals surface area contributed by atoms with Crippen molar-refractivity contribution in [3.63, 3.8) is 0 Å². The van der Waals surface area contributed by atoms with Gasteiger partial charge in [-0.1, -0.05) is 0 Å². The molecule has 0 aromatic carbocycles. The molecule has 1 fully saturated rings. The summed E-state index contributed by atoms with van der Waals surface area (Å²) in [6, 6.07) is 0. The van der Waals surface area contributed by atoms with Gasteiger partial charge in [0.05, 0.1) is 24.3 Å². The lowest BCUT2D eigenvalue weighted by Crippen LogP contribution is -2.49. The second-order valence-corrected chi connectivity index (χ2v) is 4.73. The van der Waals surface area contributed by atoms with E-state index in [0.29, 0.717) is 0 Å². The molecule has 1 saturated carbocycles. The third kappa shape index (κ3) is 2.84. The first-order chi connectivity index (χ1) is 8.50. The molecule has 1 aliphatic rings. The Hall–Kier alpha value is -1.07. The Morgan fingerprint density at radius 2 is 1.89 bits per heavy atom. The van der Waals surface area contributed by atoms with Crippen LogP contribution in [-0.2, 0) is 14.3 Å². The van der Waals surface area contributed by atoms with Crippen molar-refractivity contribution in [1.82, 2.24) is 5.32 Å². The molecule has 2 N–H and O–H groups in total. The highest BCUT2D eigenvalue weighted by molar-refractivity contribution is 5.88. The van der Waals surface area contributed by atoms with E-state index in [0.717, 1.165) is 25.7 Å². The topological polar surface area (TPSA) is 67.8 Å². The molecule has 0 aromatic heterocycles. The number of carbonyl (C=O) groups excluding carboxylic acids is 1. The number of nitrogens with one attached hydrogen (secondary N) is 1. The minimum Gasteiger partial charge on any atom is -0.510 e. The summed E-state index contributed by atoms with van der Waals surface area (Å²) in [6.45, 7) is 1.59. The van der Waals surface area contributed by atoms with Crippen LogP contribution in [0.15, 0.2) is 11.3 Å². The van der Waals surface area contributed by atoms with Crippen molar-refractivity contribution in [3.8, 4) is 0 Å². The molecule has 0 saturated heterocycles. The van der Waals surface area contributed by atoms with Gasteiger partial charge in [-0.05, 0) is 39.7 Å². The highest BCUT2D eigenvalue weighted by Crippen LogP contribution is 2.35. The molecule has 0 heterocycles. The second-order valence-electron chi connectivity index (χ2n) is 4.73. The van der Waals surface area contributed by atoms with Gasteiger partial charge in [0.1, 0.15) is 5.76 Å². The lowest BCUT2D eigenvalue weighted by Gasteiger charge is -2.39. The van der Waals surface area contributed by atoms with Gasteiger partial charge in [0.25, 0.3) is 0 Å². The van der Waals surface area contributed by atoms with E-state index in [9.17, 15) is 9.90 Å². The third-order valence-electron chi connectivity index (χ3n) is 3.90. The molecular weight excluding hydrogens is 234 g/mol. The fourth-order valence-corrected chi connectivity index (χ4v) is 2.53. The van der Waals surface area contributed by atoms with Crippen molar-refractivity contribution in [3.05, 3.63) is 11.3 Å². The first kappa shape index (κ1) is 15.0. The number of esters is 1. The summed E-state index contributed by atoms with van der Waals surface area (Å²) in [5.74, 6) is -0.401. The highest BCUT2D eigenvalue weighted by Gasteiger charge is 2.39. The highest BCUT2D eigenvalue weighted by atomic mass is 16.5. The molecule has 0 aliphatic heterocycles. The zero-order valence-electron chi connectivity index (χ0n) is 11.6. The Kier molecular flexibility index (Phi) is 5.16. The summed E-state index contributed by atoms with van der Waals surface area (Å²) in [6.07, 6.45) is 3.42. The van der Waals surface area contributed by atoms with E-state index in [1.165, 1.54) is 7.11 Å². The quantitative estimate of drug-likeness (QED) is 0.454. The molecule has 5 heteroatoms. The summed E-state index contributed by atoms with van der Waals surface area (Å²) in [4.78, 5) is 11.5. The van der Waals surface area contributed by atoms with Gasteiger partial charge >= 0.3 is 5.97 Å². The van der Waals surface area contributed by atoms with E-state index in [-0.39, 0.29) is 17.4 Å². The van der Waals surface area contributed by atoms with Crippen LogP contribution < -0.4 is 5.32 Å². The Bertz CT molecular complexity index is 330. The summed E-state index contributed by atoms with van der Waals surface area (Å²) >= 11 is 0. The standard InChI is InChI=1S/C13H23NO4/c1-9(12(16)18-4)11(15)13(14-2)7-5-10(17-3)6-8-13/h10,14-15H,5-8H2,1-4H3/b11-9-. The smallest absolute Gasteiger partial charge is 0.336 e. The number of carbonyl (C=O) groups is 1. The van der Waals surface area contributed by atoms with Crippen molar-refractivity contribution < 1.29 is 19.4 Å². The molecule has 0 amide bonds. The van der Waals surface area contributed by atoms with Gasteiger partial charge in [0.2, 0.25) is 0 Å². The molecule has 1 aliphatic carbocycles. The van der Waals surface area contributed by atoms with Gasteiger partial charge in [0, 0.05) is 7.11 Å². The molecule has 5 nitrogen and oxygen atoms in total. The van der Waals surface area contributed by atoms with Crippen molar-refractivity contribution >= 4 is 5.97 Å². The van der Waals surface area contributed by atoms with Crippen LogP contribution in [0.5, 0.6) is 0 Å². The molecule has 0 spiro atoms. The van der Waals surface area contributed by atoms with Crippen LogP contribution in [0.2, 0.25) is 0 Å². The summed E-state index contributed by atoms with van der Waals surface area (Å²) < 4.78 is 9.97. The third-order valence-corrected chi connectivity index (χ3v) is 3.90. The van der Waals surface area contributed by atoms with Crippen LogP contribution in [0.4, 0.5) is 0 Å². The average Bonchev–Trinajstić information content (AvgIpc) is 2.44. The Morgan fingerprint density at radius 3 is 2.28 bits per heavy atom. The minimum absolute atomic E-state index is 0.0893. The fraction of sp³-hybridized carbons (Fsp3) is 0.769. The largest absolute Gasteiger partial charge is 0.510 e. The van der Waals surface area contributed by atoms with E-state index in [2.05, 4.69) is 10.1 Å². The van der Waals surface area contributed by atoms with Crippen LogP contribution in [0.3, 0.4) is 0 Å². The summed E-state index contributed by atoms with van der Waals surface area (Å²) in [5, 5.41) is 13.5. The maximum Gasteiger partial charge on any atom is 0.336 e. The summed E-state index contributed by atoms with van der Waals surface area (Å²) in [7, 11) is 4.81. The van der Waals surface area contributed by atoms with E-state index in [4.69, 9.17) is 4.74 Å². The predicted molar refractivity (Wildman–Crippen MR) is 68.4 cm³/mol. The van der Waals surface area contributed by atoms with E-state index >= 15 is 0 Å². The molecule has 0 atom stereocenters. The number of rotatable bonds is 4. The Balaban J connectivity index is 2.92. The lowest BCUT2D eigenvalue weighted by atomic mass is 9.78. The number of hydrogen-bond acceptors (Lipinski definition) is 5. The molecule has 104 valence electrons. The van der Waals surface area contributed by atoms with Crippen LogP contribution in [0, 0.1) is 0 Å². The van der Waals surface area contributed by atoms with Crippen molar-refractivity contribution in [1.29, 1.82) is 0 Å². The number of aliphatic hydroxyl groups excluding tert-OH is 1. The van der Waals surface area contributed by atoms with Gasteiger partial charge in [-0.2, -0.15) is 0 Å². The van der Waals surface area contributed by atoms with Crippen LogP contribution in [0.25, 0.3) is 0 Å². The first-order valence-electron chi connectivity index (χ1n) is 6.21. The first-order valence-corrected chi connectivity index (χ1v) is 6.21. The van der Waals surface area contributed by atoms with Gasteiger partial charge in [-0.15, -0.1) is 0 Å². The zero-order chi connectivity index (χ0) is 13.8. The number of hydrogen-bond donors (Lipinski definition) is 2. The second kappa shape index (κ2) is 6.20. The van der Waals surface area contributed by atoms with Crippen LogP contribution >= 0.6 is 0 Å². The molecule has 18 heavy (non-hydrogen) atoms. The Morgan fingerprint density at radius 1 is 1.33 bits per heavy atom. The van der Waals surface area contributed by atoms with Crippen molar-refractivity contribution in [2.24, 2.45) is 0 Å². The molecule has 0 radical (unpaired) electrons. The van der Waals surface area contributed by atoms with Gasteiger partial charge in [-0.3, -0.25) is 0 Å². The van der Waals surface area contributed by atoms with Gasteiger partial charge < -0.3 is 19.9 Å². The Labute approximate surface area is 108 Å². The maximum absolute atomic E-state index is 11.5. The minimum atomic E-state index is -0.534. The lowest BCUT2D eigenvalue weighted by molar-refractivity contribution is -0.136. The number of aliphatic hydroxyl groups is 1. The van der Waals surface area contributed by atoms with E-state index < -0.39 is 11.5 Å². The maximum atomic E-state index is 11.5. The van der Waals surface area contributed by atoms with Gasteiger partial charge in [0.15, 0.2) is 0 Å². The fourth-order valence-electron chi connectivity index (χ4n) is 2.53. The van der Waals surface area contributed by atoms with Crippen LogP contribution in [-0.4, -0.2) is 44.0 Å².